The van der Waals surface area contributed by atoms with Gasteiger partial charge >= 0.3 is 0 Å². The number of halogens is 1. The highest BCUT2D eigenvalue weighted by Crippen LogP contribution is 2.25. The van der Waals surface area contributed by atoms with E-state index in [9.17, 15) is 4.79 Å². The average Bonchev–Trinajstić information content (AvgIpc) is 2.94. The Labute approximate surface area is 155 Å². The third kappa shape index (κ3) is 2.95. The fraction of sp³-hybridized carbons (Fsp3) is 0.0476. The first-order valence-electron chi connectivity index (χ1n) is 8.23. The lowest BCUT2D eigenvalue weighted by atomic mass is 10.1. The normalized spacial score (nSPS) is 11.5. The summed E-state index contributed by atoms with van der Waals surface area (Å²) < 4.78 is 1.50. The van der Waals surface area contributed by atoms with Gasteiger partial charge in [0.25, 0.3) is 5.56 Å². The van der Waals surface area contributed by atoms with Gasteiger partial charge in [-0.3, -0.25) is 14.9 Å². The summed E-state index contributed by atoms with van der Waals surface area (Å²) in [5.41, 5.74) is 2.71. The van der Waals surface area contributed by atoms with E-state index >= 15 is 0 Å². The van der Waals surface area contributed by atoms with Gasteiger partial charge in [0.1, 0.15) is 0 Å². The third-order valence-corrected chi connectivity index (χ3v) is 4.55. The van der Waals surface area contributed by atoms with Crippen molar-refractivity contribution in [2.24, 2.45) is 4.99 Å². The number of aromatic amines is 1. The SMILES string of the molecule is Cc1[nH]n(-c2ccc(Cl)cc2)c(=O)c1C=Nc1cccc2ccccc12. The highest BCUT2D eigenvalue weighted by molar-refractivity contribution is 6.30. The molecule has 3 aromatic carbocycles. The van der Waals surface area contributed by atoms with Crippen LogP contribution in [0.5, 0.6) is 0 Å². The molecule has 0 aliphatic heterocycles. The van der Waals surface area contributed by atoms with Crippen molar-refractivity contribution in [3.63, 3.8) is 0 Å². The third-order valence-electron chi connectivity index (χ3n) is 4.30. The van der Waals surface area contributed by atoms with Crippen LogP contribution in [0.15, 0.2) is 76.5 Å². The highest BCUT2D eigenvalue weighted by atomic mass is 35.5. The van der Waals surface area contributed by atoms with Crippen LogP contribution < -0.4 is 5.56 Å². The first-order valence-corrected chi connectivity index (χ1v) is 8.61. The van der Waals surface area contributed by atoms with E-state index < -0.39 is 0 Å². The van der Waals surface area contributed by atoms with Crippen LogP contribution in [0.25, 0.3) is 16.5 Å². The van der Waals surface area contributed by atoms with Crippen molar-refractivity contribution < 1.29 is 0 Å². The molecule has 0 aliphatic carbocycles. The molecule has 0 bridgehead atoms. The second kappa shape index (κ2) is 6.65. The number of nitrogens with zero attached hydrogens (tertiary/aromatic N) is 2. The van der Waals surface area contributed by atoms with Gasteiger partial charge in [0.15, 0.2) is 0 Å². The first kappa shape index (κ1) is 16.4. The van der Waals surface area contributed by atoms with Crippen molar-refractivity contribution in [1.82, 2.24) is 9.78 Å². The van der Waals surface area contributed by atoms with Crippen LogP contribution in [0.1, 0.15) is 11.3 Å². The molecule has 4 nitrogen and oxygen atoms in total. The minimum absolute atomic E-state index is 0.145. The van der Waals surface area contributed by atoms with Crippen LogP contribution in [0, 0.1) is 6.92 Å². The molecule has 26 heavy (non-hydrogen) atoms. The van der Waals surface area contributed by atoms with Crippen molar-refractivity contribution in [1.29, 1.82) is 0 Å². The topological polar surface area (TPSA) is 50.1 Å². The van der Waals surface area contributed by atoms with Gasteiger partial charge in [-0.1, -0.05) is 48.0 Å². The summed E-state index contributed by atoms with van der Waals surface area (Å²) in [5.74, 6) is 0. The number of hydrogen-bond donors (Lipinski definition) is 1. The molecule has 0 unspecified atom stereocenters. The lowest BCUT2D eigenvalue weighted by Crippen LogP contribution is -2.17. The van der Waals surface area contributed by atoms with E-state index in [1.54, 1.807) is 30.5 Å². The Balaban J connectivity index is 1.76. The summed E-state index contributed by atoms with van der Waals surface area (Å²) in [7, 11) is 0. The Morgan fingerprint density at radius 1 is 1.00 bits per heavy atom. The summed E-state index contributed by atoms with van der Waals surface area (Å²) in [6, 6.07) is 21.1. The number of benzene rings is 3. The summed E-state index contributed by atoms with van der Waals surface area (Å²) in [4.78, 5) is 17.3. The molecule has 4 aromatic rings. The molecule has 128 valence electrons. The number of aliphatic imine (C=N–C) groups is 1. The molecule has 0 saturated heterocycles. The van der Waals surface area contributed by atoms with Gasteiger partial charge in [0.05, 0.1) is 16.9 Å². The highest BCUT2D eigenvalue weighted by Gasteiger charge is 2.10. The van der Waals surface area contributed by atoms with Gasteiger partial charge in [-0.25, -0.2) is 4.68 Å². The molecule has 0 radical (unpaired) electrons. The van der Waals surface area contributed by atoms with Gasteiger partial charge in [0, 0.05) is 22.3 Å². The van der Waals surface area contributed by atoms with Gasteiger partial charge in [0.2, 0.25) is 0 Å². The predicted octanol–water partition coefficient (Wildman–Crippen LogP) is 5.03. The van der Waals surface area contributed by atoms with E-state index in [-0.39, 0.29) is 5.56 Å². The summed E-state index contributed by atoms with van der Waals surface area (Å²) in [6.07, 6.45) is 1.63. The monoisotopic (exact) mass is 361 g/mol. The number of aromatic nitrogens is 2. The number of fused-ring (bicyclic) bond motifs is 1. The maximum atomic E-state index is 12.8. The van der Waals surface area contributed by atoms with E-state index in [4.69, 9.17) is 11.6 Å². The van der Waals surface area contributed by atoms with Crippen molar-refractivity contribution in [2.75, 3.05) is 0 Å². The maximum Gasteiger partial charge on any atom is 0.280 e. The van der Waals surface area contributed by atoms with Crippen LogP contribution in [0.4, 0.5) is 5.69 Å². The zero-order valence-electron chi connectivity index (χ0n) is 14.1. The molecule has 5 heteroatoms. The van der Waals surface area contributed by atoms with Crippen LogP contribution in [-0.2, 0) is 0 Å². The van der Waals surface area contributed by atoms with E-state index in [0.717, 1.165) is 27.8 Å². The molecular formula is C21H16ClN3O. The van der Waals surface area contributed by atoms with Gasteiger partial charge in [-0.15, -0.1) is 0 Å². The van der Waals surface area contributed by atoms with Crippen molar-refractivity contribution in [3.8, 4) is 5.69 Å². The quantitative estimate of drug-likeness (QED) is 0.511. The molecule has 0 aliphatic rings. The molecule has 1 N–H and O–H groups in total. The molecule has 0 saturated carbocycles. The Morgan fingerprint density at radius 2 is 1.73 bits per heavy atom. The largest absolute Gasteiger partial charge is 0.295 e. The number of rotatable bonds is 3. The number of aryl methyl sites for hydroxylation is 1. The van der Waals surface area contributed by atoms with Gasteiger partial charge in [-0.05, 0) is 42.6 Å². The molecule has 4 rings (SSSR count). The fourth-order valence-corrected chi connectivity index (χ4v) is 3.06. The standard InChI is InChI=1S/C21H16ClN3O/c1-14-19(21(26)25(24-14)17-11-9-16(22)10-12-17)13-23-20-8-4-6-15-5-2-3-7-18(15)20/h2-13,24H,1H3. The Morgan fingerprint density at radius 3 is 2.54 bits per heavy atom. The lowest BCUT2D eigenvalue weighted by molar-refractivity contribution is 0.835. The van der Waals surface area contributed by atoms with Crippen molar-refractivity contribution >= 4 is 34.3 Å². The Hall–Kier alpha value is -3.11. The lowest BCUT2D eigenvalue weighted by Gasteiger charge is -2.01. The number of nitrogens with one attached hydrogen (secondary N) is 1. The summed E-state index contributed by atoms with van der Waals surface area (Å²) in [6.45, 7) is 1.86. The van der Waals surface area contributed by atoms with Crippen molar-refractivity contribution in [2.45, 2.75) is 6.92 Å². The van der Waals surface area contributed by atoms with Crippen LogP contribution in [0.2, 0.25) is 5.02 Å². The van der Waals surface area contributed by atoms with Gasteiger partial charge in [-0.2, -0.15) is 0 Å². The van der Waals surface area contributed by atoms with E-state index in [0.29, 0.717) is 10.6 Å². The molecular weight excluding hydrogens is 346 g/mol. The van der Waals surface area contributed by atoms with Gasteiger partial charge < -0.3 is 0 Å². The minimum Gasteiger partial charge on any atom is -0.295 e. The molecule has 0 spiro atoms. The fourth-order valence-electron chi connectivity index (χ4n) is 2.94. The van der Waals surface area contributed by atoms with Crippen LogP contribution in [-0.4, -0.2) is 16.0 Å². The zero-order valence-corrected chi connectivity index (χ0v) is 14.9. The number of hydrogen-bond acceptors (Lipinski definition) is 2. The first-order chi connectivity index (χ1) is 12.6. The zero-order chi connectivity index (χ0) is 18.1. The van der Waals surface area contributed by atoms with E-state index in [1.165, 1.54) is 4.68 Å². The summed E-state index contributed by atoms with van der Waals surface area (Å²) >= 11 is 5.92. The molecule has 0 amide bonds. The molecule has 1 aromatic heterocycles. The van der Waals surface area contributed by atoms with E-state index in [2.05, 4.69) is 10.1 Å². The summed E-state index contributed by atoms with van der Waals surface area (Å²) in [5, 5.41) is 5.89. The van der Waals surface area contributed by atoms with Crippen LogP contribution >= 0.6 is 11.6 Å². The average molecular weight is 362 g/mol. The smallest absolute Gasteiger partial charge is 0.280 e. The Bertz CT molecular complexity index is 1160. The maximum absolute atomic E-state index is 12.8. The Kier molecular flexibility index (Phi) is 4.19. The van der Waals surface area contributed by atoms with E-state index in [1.807, 2.05) is 49.4 Å². The van der Waals surface area contributed by atoms with Crippen LogP contribution in [0.3, 0.4) is 0 Å². The minimum atomic E-state index is -0.145. The molecule has 0 atom stereocenters. The number of H-pyrrole nitrogens is 1. The van der Waals surface area contributed by atoms with Crippen molar-refractivity contribution in [3.05, 3.63) is 93.4 Å². The molecule has 0 fully saturated rings. The second-order valence-electron chi connectivity index (χ2n) is 6.02. The molecule has 1 heterocycles. The predicted molar refractivity (Wildman–Crippen MR) is 107 cm³/mol. The second-order valence-corrected chi connectivity index (χ2v) is 6.46.